The molecule has 0 aliphatic carbocycles. The number of oxime groups is 1. The molecular formula is C11H13NO2S2. The first kappa shape index (κ1) is 13.0. The van der Waals surface area contributed by atoms with Crippen LogP contribution < -0.4 is 0 Å². The summed E-state index contributed by atoms with van der Waals surface area (Å²) in [5, 5.41) is 12.2. The maximum atomic E-state index is 8.91. The van der Waals surface area contributed by atoms with E-state index < -0.39 is 0 Å². The van der Waals surface area contributed by atoms with Crippen LogP contribution in [0.3, 0.4) is 0 Å². The third kappa shape index (κ3) is 4.20. The van der Waals surface area contributed by atoms with Gasteiger partial charge in [-0.2, -0.15) is 0 Å². The molecule has 0 atom stereocenters. The highest BCUT2D eigenvalue weighted by atomic mass is 32.2. The summed E-state index contributed by atoms with van der Waals surface area (Å²) in [6.45, 7) is 2.44. The van der Waals surface area contributed by atoms with E-state index in [0.29, 0.717) is 22.5 Å². The molecule has 86 valence electrons. The molecule has 0 saturated heterocycles. The van der Waals surface area contributed by atoms with Gasteiger partial charge in [-0.05, 0) is 19.1 Å². The van der Waals surface area contributed by atoms with E-state index in [2.05, 4.69) is 5.16 Å². The average Bonchev–Trinajstić information content (AvgIpc) is 2.31. The Morgan fingerprint density at radius 2 is 2.12 bits per heavy atom. The molecule has 5 heteroatoms. The fraction of sp³-hybridized carbons (Fsp3) is 0.273. The van der Waals surface area contributed by atoms with E-state index in [1.165, 1.54) is 11.8 Å². The Hall–Kier alpha value is -1.07. The number of hydrogen-bond donors (Lipinski definition) is 1. The fourth-order valence-electron chi connectivity index (χ4n) is 1.09. The summed E-state index contributed by atoms with van der Waals surface area (Å²) in [5.74, 6) is 0.499. The first-order chi connectivity index (χ1) is 7.77. The van der Waals surface area contributed by atoms with Crippen molar-refractivity contribution in [1.29, 1.82) is 0 Å². The molecule has 1 aromatic rings. The minimum absolute atomic E-state index is 0.472. The van der Waals surface area contributed by atoms with E-state index in [4.69, 9.17) is 22.2 Å². The van der Waals surface area contributed by atoms with Crippen LogP contribution in [0.15, 0.2) is 35.5 Å². The van der Waals surface area contributed by atoms with Gasteiger partial charge in [-0.25, -0.2) is 0 Å². The number of ether oxygens (including phenoxy) is 1. The van der Waals surface area contributed by atoms with Crippen molar-refractivity contribution in [2.24, 2.45) is 5.16 Å². The van der Waals surface area contributed by atoms with Crippen molar-refractivity contribution in [3.8, 4) is 0 Å². The van der Waals surface area contributed by atoms with Crippen LogP contribution in [0.1, 0.15) is 12.5 Å². The summed E-state index contributed by atoms with van der Waals surface area (Å²) >= 11 is 6.32. The van der Waals surface area contributed by atoms with Gasteiger partial charge < -0.3 is 9.94 Å². The van der Waals surface area contributed by atoms with Gasteiger partial charge in [0.25, 0.3) is 0 Å². The standard InChI is InChI=1S/C11H13NO2S2/c1-2-14-11(15)16-8-10(12-13)9-6-4-3-5-7-9/h3-7,13H,2,8H2,1H3/b12-10-. The maximum absolute atomic E-state index is 8.91. The fourth-order valence-corrected chi connectivity index (χ4v) is 2.06. The van der Waals surface area contributed by atoms with E-state index >= 15 is 0 Å². The van der Waals surface area contributed by atoms with Gasteiger partial charge in [0.2, 0.25) is 4.38 Å². The molecule has 0 unspecified atom stereocenters. The normalized spacial score (nSPS) is 11.2. The molecule has 0 saturated carbocycles. The van der Waals surface area contributed by atoms with Crippen molar-refractivity contribution in [3.05, 3.63) is 35.9 Å². The zero-order valence-electron chi connectivity index (χ0n) is 8.92. The van der Waals surface area contributed by atoms with Gasteiger partial charge in [0.05, 0.1) is 12.3 Å². The molecule has 1 rings (SSSR count). The molecule has 1 N–H and O–H groups in total. The lowest BCUT2D eigenvalue weighted by molar-refractivity contribution is 0.319. The predicted molar refractivity (Wildman–Crippen MR) is 71.4 cm³/mol. The first-order valence-electron chi connectivity index (χ1n) is 4.83. The SMILES string of the molecule is CCOC(=S)SC/C(=N/O)c1ccccc1. The van der Waals surface area contributed by atoms with Crippen LogP contribution in [0.2, 0.25) is 0 Å². The van der Waals surface area contributed by atoms with Gasteiger partial charge in [0.1, 0.15) is 0 Å². The van der Waals surface area contributed by atoms with Crippen LogP contribution in [-0.4, -0.2) is 27.7 Å². The third-order valence-electron chi connectivity index (χ3n) is 1.82. The van der Waals surface area contributed by atoms with Crippen molar-refractivity contribution >= 4 is 34.1 Å². The molecular weight excluding hydrogens is 242 g/mol. The molecule has 1 aromatic carbocycles. The van der Waals surface area contributed by atoms with E-state index in [1.807, 2.05) is 37.3 Å². The molecule has 3 nitrogen and oxygen atoms in total. The van der Waals surface area contributed by atoms with E-state index in [1.54, 1.807) is 0 Å². The van der Waals surface area contributed by atoms with Crippen molar-refractivity contribution in [1.82, 2.24) is 0 Å². The van der Waals surface area contributed by atoms with Crippen molar-refractivity contribution < 1.29 is 9.94 Å². The Kier molecular flexibility index (Phi) is 5.88. The summed E-state index contributed by atoms with van der Waals surface area (Å²) in [4.78, 5) is 0. The number of benzene rings is 1. The van der Waals surface area contributed by atoms with Crippen molar-refractivity contribution in [3.63, 3.8) is 0 Å². The number of hydrogen-bond acceptors (Lipinski definition) is 5. The largest absolute Gasteiger partial charge is 0.479 e. The molecule has 0 aliphatic rings. The number of rotatable bonds is 4. The monoisotopic (exact) mass is 255 g/mol. The third-order valence-corrected chi connectivity index (χ3v) is 3.06. The van der Waals surface area contributed by atoms with E-state index in [9.17, 15) is 0 Å². The second kappa shape index (κ2) is 7.24. The zero-order chi connectivity index (χ0) is 11.8. The highest BCUT2D eigenvalue weighted by Crippen LogP contribution is 2.11. The second-order valence-corrected chi connectivity index (χ2v) is 4.46. The van der Waals surface area contributed by atoms with E-state index in [-0.39, 0.29) is 0 Å². The minimum atomic E-state index is 0.472. The Morgan fingerprint density at radius 3 is 2.69 bits per heavy atom. The second-order valence-electron chi connectivity index (χ2n) is 2.88. The van der Waals surface area contributed by atoms with Crippen LogP contribution in [-0.2, 0) is 4.74 Å². The van der Waals surface area contributed by atoms with Crippen LogP contribution in [0.25, 0.3) is 0 Å². The Bertz CT molecular complexity index is 366. The molecule has 0 spiro atoms. The number of nitrogens with zero attached hydrogens (tertiary/aromatic N) is 1. The van der Waals surface area contributed by atoms with Crippen LogP contribution in [0.4, 0.5) is 0 Å². The van der Waals surface area contributed by atoms with Gasteiger partial charge in [-0.1, -0.05) is 47.2 Å². The average molecular weight is 255 g/mol. The van der Waals surface area contributed by atoms with Crippen LogP contribution >= 0.6 is 24.0 Å². The molecule has 0 aliphatic heterocycles. The first-order valence-corrected chi connectivity index (χ1v) is 6.23. The lowest BCUT2D eigenvalue weighted by atomic mass is 10.1. The summed E-state index contributed by atoms with van der Waals surface area (Å²) in [7, 11) is 0. The highest BCUT2D eigenvalue weighted by Gasteiger charge is 2.06. The smallest absolute Gasteiger partial charge is 0.220 e. The summed E-state index contributed by atoms with van der Waals surface area (Å²) in [6.07, 6.45) is 0. The van der Waals surface area contributed by atoms with Crippen molar-refractivity contribution in [2.45, 2.75) is 6.92 Å². The van der Waals surface area contributed by atoms with Gasteiger partial charge in [-0.3, -0.25) is 0 Å². The predicted octanol–water partition coefficient (Wildman–Crippen LogP) is 2.92. The summed E-state index contributed by atoms with van der Waals surface area (Å²) < 4.78 is 5.60. The van der Waals surface area contributed by atoms with E-state index in [0.717, 1.165) is 5.56 Å². The molecule has 0 amide bonds. The van der Waals surface area contributed by atoms with Gasteiger partial charge in [0, 0.05) is 11.3 Å². The Labute approximate surface area is 104 Å². The molecule has 0 radical (unpaired) electrons. The van der Waals surface area contributed by atoms with Crippen molar-refractivity contribution in [2.75, 3.05) is 12.4 Å². The van der Waals surface area contributed by atoms with Crippen LogP contribution in [0.5, 0.6) is 0 Å². The lowest BCUT2D eigenvalue weighted by Crippen LogP contribution is -2.07. The number of thioether (sulfide) groups is 1. The molecule has 0 bridgehead atoms. The Balaban J connectivity index is 2.55. The van der Waals surface area contributed by atoms with Gasteiger partial charge in [-0.15, -0.1) is 0 Å². The summed E-state index contributed by atoms with van der Waals surface area (Å²) in [5.41, 5.74) is 1.48. The lowest BCUT2D eigenvalue weighted by Gasteiger charge is -2.05. The Morgan fingerprint density at radius 1 is 1.44 bits per heavy atom. The number of thiocarbonyl (C=S) groups is 1. The van der Waals surface area contributed by atoms with Crippen LogP contribution in [0, 0.1) is 0 Å². The minimum Gasteiger partial charge on any atom is -0.479 e. The van der Waals surface area contributed by atoms with Gasteiger partial charge in [0.15, 0.2) is 0 Å². The topological polar surface area (TPSA) is 41.8 Å². The molecule has 16 heavy (non-hydrogen) atoms. The maximum Gasteiger partial charge on any atom is 0.220 e. The summed E-state index contributed by atoms with van der Waals surface area (Å²) in [6, 6.07) is 9.48. The molecule has 0 aromatic heterocycles. The zero-order valence-corrected chi connectivity index (χ0v) is 10.6. The van der Waals surface area contributed by atoms with Gasteiger partial charge >= 0.3 is 0 Å². The molecule has 0 heterocycles. The quantitative estimate of drug-likeness (QED) is 0.389. The highest BCUT2D eigenvalue weighted by molar-refractivity contribution is 8.23. The molecule has 0 fully saturated rings.